The maximum absolute atomic E-state index is 12.5. The van der Waals surface area contributed by atoms with Crippen LogP contribution in [0.2, 0.25) is 0 Å². The largest absolute Gasteiger partial charge is 0.420 e. The molecule has 0 spiro atoms. The van der Waals surface area contributed by atoms with Gasteiger partial charge in [0.15, 0.2) is 5.58 Å². The third-order valence-corrected chi connectivity index (χ3v) is 6.41. The number of nitriles is 1. The average molecular weight is 507 g/mol. The fourth-order valence-electron chi connectivity index (χ4n) is 4.30. The zero-order valence-corrected chi connectivity index (χ0v) is 21.2. The van der Waals surface area contributed by atoms with E-state index in [2.05, 4.69) is 23.6 Å². The van der Waals surface area contributed by atoms with Gasteiger partial charge in [0.2, 0.25) is 0 Å². The number of nitrogens with zero attached hydrogens (tertiary/aromatic N) is 2. The standard InChI is InChI=1S/C28H34N4O5/c1-2-3-13-35-15-12-32-24-17-22(9-10-25(24)37-28(32)34)21-7-5-20(6-8-21)16-23(18-29)31-27(33)26-19-30-11-4-14-36-26/h5-10,17,23,26,30H,2-4,11-16,19H2,1H3,(H,31,33)/t23-,26-/m0/s1. The summed E-state index contributed by atoms with van der Waals surface area (Å²) in [5, 5.41) is 15.6. The minimum absolute atomic E-state index is 0.271. The van der Waals surface area contributed by atoms with Gasteiger partial charge in [-0.15, -0.1) is 0 Å². The van der Waals surface area contributed by atoms with Gasteiger partial charge in [0, 0.05) is 26.2 Å². The van der Waals surface area contributed by atoms with Gasteiger partial charge >= 0.3 is 5.76 Å². The Morgan fingerprint density at radius 1 is 1.24 bits per heavy atom. The number of hydrogen-bond acceptors (Lipinski definition) is 7. The lowest BCUT2D eigenvalue weighted by molar-refractivity contribution is -0.132. The molecular formula is C28H34N4O5. The maximum atomic E-state index is 12.5. The van der Waals surface area contributed by atoms with E-state index in [9.17, 15) is 14.9 Å². The van der Waals surface area contributed by atoms with Crippen LogP contribution in [0, 0.1) is 11.3 Å². The van der Waals surface area contributed by atoms with Crippen LogP contribution < -0.4 is 16.4 Å². The Hall–Kier alpha value is -3.45. The Labute approximate surface area is 216 Å². The molecule has 0 aliphatic carbocycles. The lowest BCUT2D eigenvalue weighted by Crippen LogP contribution is -2.46. The van der Waals surface area contributed by atoms with Crippen LogP contribution >= 0.6 is 0 Å². The third kappa shape index (κ3) is 7.07. The molecule has 4 rings (SSSR count). The Bertz CT molecular complexity index is 1270. The monoisotopic (exact) mass is 506 g/mol. The van der Waals surface area contributed by atoms with Gasteiger partial charge in [0.25, 0.3) is 5.91 Å². The predicted molar refractivity (Wildman–Crippen MR) is 140 cm³/mol. The Kier molecular flexibility index (Phi) is 9.49. The predicted octanol–water partition coefficient (Wildman–Crippen LogP) is 3.01. The van der Waals surface area contributed by atoms with Crippen LogP contribution in [0.3, 0.4) is 0 Å². The van der Waals surface area contributed by atoms with Gasteiger partial charge in [-0.25, -0.2) is 4.79 Å². The topological polar surface area (TPSA) is 119 Å². The number of amides is 1. The molecular weight excluding hydrogens is 472 g/mol. The van der Waals surface area contributed by atoms with E-state index < -0.39 is 17.9 Å². The number of carbonyl (C=O) groups is 1. The smallest absolute Gasteiger partial charge is 0.408 e. The fraction of sp³-hybridized carbons (Fsp3) is 0.464. The summed E-state index contributed by atoms with van der Waals surface area (Å²) >= 11 is 0. The van der Waals surface area contributed by atoms with Crippen LogP contribution in [0.1, 0.15) is 31.7 Å². The highest BCUT2D eigenvalue weighted by molar-refractivity contribution is 5.82. The van der Waals surface area contributed by atoms with Crippen molar-refractivity contribution in [3.8, 4) is 17.2 Å². The number of aromatic nitrogens is 1. The number of unbranched alkanes of at least 4 members (excludes halogenated alkanes) is 1. The van der Waals surface area contributed by atoms with Gasteiger partial charge in [-0.05, 0) is 48.2 Å². The van der Waals surface area contributed by atoms with Crippen LogP contribution in [0.15, 0.2) is 51.7 Å². The van der Waals surface area contributed by atoms with Crippen molar-refractivity contribution in [3.05, 3.63) is 58.6 Å². The second-order valence-corrected chi connectivity index (χ2v) is 9.18. The number of fused-ring (bicyclic) bond motifs is 1. The van der Waals surface area contributed by atoms with Crippen molar-refractivity contribution in [2.75, 3.05) is 32.9 Å². The summed E-state index contributed by atoms with van der Waals surface area (Å²) in [5.41, 5.74) is 4.12. The zero-order valence-electron chi connectivity index (χ0n) is 21.2. The van der Waals surface area contributed by atoms with E-state index in [1.807, 2.05) is 36.4 Å². The van der Waals surface area contributed by atoms with E-state index in [0.717, 1.165) is 48.0 Å². The van der Waals surface area contributed by atoms with E-state index in [1.165, 1.54) is 0 Å². The molecule has 3 aromatic rings. The summed E-state index contributed by atoms with van der Waals surface area (Å²) in [4.78, 5) is 24.9. The van der Waals surface area contributed by atoms with Gasteiger partial charge in [-0.3, -0.25) is 9.36 Å². The molecule has 1 aromatic heterocycles. The molecule has 2 heterocycles. The first-order valence-corrected chi connectivity index (χ1v) is 12.9. The summed E-state index contributed by atoms with van der Waals surface area (Å²) in [6, 6.07) is 15.0. The van der Waals surface area contributed by atoms with Gasteiger partial charge in [-0.1, -0.05) is 43.7 Å². The summed E-state index contributed by atoms with van der Waals surface area (Å²) in [6.07, 6.45) is 2.72. The number of rotatable bonds is 11. The van der Waals surface area contributed by atoms with Crippen LogP contribution in [-0.2, 0) is 27.2 Å². The van der Waals surface area contributed by atoms with Crippen molar-refractivity contribution in [1.82, 2.24) is 15.2 Å². The van der Waals surface area contributed by atoms with Gasteiger partial charge in [0.05, 0.1) is 24.7 Å². The average Bonchev–Trinajstić information content (AvgIpc) is 3.06. The number of carbonyl (C=O) groups excluding carboxylic acids is 1. The van der Waals surface area contributed by atoms with E-state index >= 15 is 0 Å². The maximum Gasteiger partial charge on any atom is 0.420 e. The Morgan fingerprint density at radius 2 is 2.05 bits per heavy atom. The molecule has 1 fully saturated rings. The lowest BCUT2D eigenvalue weighted by atomic mass is 10.0. The molecule has 196 valence electrons. The second kappa shape index (κ2) is 13.2. The summed E-state index contributed by atoms with van der Waals surface area (Å²) < 4.78 is 18.2. The molecule has 1 amide bonds. The van der Waals surface area contributed by atoms with Crippen molar-refractivity contribution in [1.29, 1.82) is 5.26 Å². The normalized spacial score (nSPS) is 16.7. The first-order valence-electron chi connectivity index (χ1n) is 12.9. The molecule has 37 heavy (non-hydrogen) atoms. The minimum Gasteiger partial charge on any atom is -0.408 e. The van der Waals surface area contributed by atoms with E-state index in [4.69, 9.17) is 13.9 Å². The summed E-state index contributed by atoms with van der Waals surface area (Å²) in [6.45, 7) is 5.46. The molecule has 1 aliphatic rings. The molecule has 0 unspecified atom stereocenters. The number of ether oxygens (including phenoxy) is 2. The van der Waals surface area contributed by atoms with Crippen molar-refractivity contribution in [2.45, 2.75) is 51.3 Å². The molecule has 0 bridgehead atoms. The van der Waals surface area contributed by atoms with Gasteiger partial charge in [0.1, 0.15) is 12.1 Å². The van der Waals surface area contributed by atoms with Crippen molar-refractivity contribution < 1.29 is 18.7 Å². The van der Waals surface area contributed by atoms with E-state index in [-0.39, 0.29) is 5.91 Å². The summed E-state index contributed by atoms with van der Waals surface area (Å²) in [5.74, 6) is -0.663. The number of hydrogen-bond donors (Lipinski definition) is 2. The first-order chi connectivity index (χ1) is 18.1. The van der Waals surface area contributed by atoms with Gasteiger partial charge < -0.3 is 24.5 Å². The Morgan fingerprint density at radius 3 is 2.84 bits per heavy atom. The molecule has 2 N–H and O–H groups in total. The highest BCUT2D eigenvalue weighted by Crippen LogP contribution is 2.25. The molecule has 2 aromatic carbocycles. The highest BCUT2D eigenvalue weighted by atomic mass is 16.5. The number of nitrogens with one attached hydrogen (secondary N) is 2. The SMILES string of the molecule is CCCCOCCn1c(=O)oc2ccc(-c3ccc(C[C@@H](C#N)NC(=O)[C@@H]4CNCCCO4)cc3)cc21. The number of benzene rings is 2. The van der Waals surface area contributed by atoms with Crippen molar-refractivity contribution >= 4 is 17.0 Å². The van der Waals surface area contributed by atoms with Crippen LogP contribution in [0.4, 0.5) is 0 Å². The van der Waals surface area contributed by atoms with Crippen LogP contribution in [0.5, 0.6) is 0 Å². The first kappa shape index (κ1) is 26.6. The molecule has 1 saturated heterocycles. The third-order valence-electron chi connectivity index (χ3n) is 6.41. The number of oxazole rings is 1. The quantitative estimate of drug-likeness (QED) is 0.384. The zero-order chi connectivity index (χ0) is 26.0. The lowest BCUT2D eigenvalue weighted by Gasteiger charge is -2.18. The molecule has 2 atom stereocenters. The van der Waals surface area contributed by atoms with Crippen molar-refractivity contribution in [2.24, 2.45) is 0 Å². The fourth-order valence-corrected chi connectivity index (χ4v) is 4.30. The van der Waals surface area contributed by atoms with E-state index in [0.29, 0.717) is 44.9 Å². The second-order valence-electron chi connectivity index (χ2n) is 9.18. The molecule has 9 heteroatoms. The minimum atomic E-state index is -0.651. The molecule has 1 aliphatic heterocycles. The summed E-state index contributed by atoms with van der Waals surface area (Å²) in [7, 11) is 0. The van der Waals surface area contributed by atoms with Crippen molar-refractivity contribution in [3.63, 3.8) is 0 Å². The van der Waals surface area contributed by atoms with Crippen LogP contribution in [-0.4, -0.2) is 55.5 Å². The van der Waals surface area contributed by atoms with E-state index in [1.54, 1.807) is 10.6 Å². The molecule has 0 saturated carbocycles. The molecule has 0 radical (unpaired) electrons. The highest BCUT2D eigenvalue weighted by Gasteiger charge is 2.23. The molecule has 9 nitrogen and oxygen atoms in total. The van der Waals surface area contributed by atoms with Crippen LogP contribution in [0.25, 0.3) is 22.2 Å². The Balaban J connectivity index is 1.41. The van der Waals surface area contributed by atoms with Gasteiger partial charge in [-0.2, -0.15) is 5.26 Å².